The van der Waals surface area contributed by atoms with Crippen molar-refractivity contribution in [1.29, 1.82) is 0 Å². The molecule has 0 unspecified atom stereocenters. The summed E-state index contributed by atoms with van der Waals surface area (Å²) in [5.74, 6) is 2.25. The molecule has 6 heteroatoms. The second kappa shape index (κ2) is 4.40. The highest BCUT2D eigenvalue weighted by molar-refractivity contribution is 5.45. The highest BCUT2D eigenvalue weighted by atomic mass is 16.5. The second-order valence-electron chi connectivity index (χ2n) is 3.76. The van der Waals surface area contributed by atoms with Crippen molar-refractivity contribution in [3.63, 3.8) is 0 Å². The van der Waals surface area contributed by atoms with E-state index in [-0.39, 0.29) is 0 Å². The monoisotopic (exact) mass is 233 g/mol. The van der Waals surface area contributed by atoms with Gasteiger partial charge in [-0.1, -0.05) is 6.92 Å². The van der Waals surface area contributed by atoms with Crippen molar-refractivity contribution in [3.05, 3.63) is 23.8 Å². The topological polar surface area (TPSA) is 78.9 Å². The molecule has 0 bridgehead atoms. The molecular weight excluding hydrogens is 218 g/mol. The van der Waals surface area contributed by atoms with Crippen LogP contribution in [0.25, 0.3) is 0 Å². The van der Waals surface area contributed by atoms with Crippen molar-refractivity contribution in [2.24, 2.45) is 7.05 Å². The zero-order valence-electron chi connectivity index (χ0n) is 10.1. The molecule has 2 heterocycles. The van der Waals surface area contributed by atoms with Crippen molar-refractivity contribution in [3.8, 4) is 11.6 Å². The van der Waals surface area contributed by atoms with Crippen LogP contribution < -0.4 is 10.5 Å². The molecule has 0 fully saturated rings. The van der Waals surface area contributed by atoms with Crippen LogP contribution in [-0.4, -0.2) is 19.7 Å². The van der Waals surface area contributed by atoms with Gasteiger partial charge in [-0.3, -0.25) is 4.68 Å². The van der Waals surface area contributed by atoms with Crippen LogP contribution in [0.1, 0.15) is 18.3 Å². The maximum Gasteiger partial charge on any atom is 0.227 e. The largest absolute Gasteiger partial charge is 0.435 e. The standard InChI is InChI=1S/C11H15N5O/c1-4-9-14-10(12)7(2)11(15-9)17-8-5-13-16(3)6-8/h5-6H,4H2,1-3H3,(H2,12,14,15). The third-order valence-electron chi connectivity index (χ3n) is 2.40. The average molecular weight is 233 g/mol. The van der Waals surface area contributed by atoms with Gasteiger partial charge in [0.15, 0.2) is 5.75 Å². The van der Waals surface area contributed by atoms with Crippen molar-refractivity contribution < 1.29 is 4.74 Å². The van der Waals surface area contributed by atoms with E-state index in [4.69, 9.17) is 10.5 Å². The van der Waals surface area contributed by atoms with Gasteiger partial charge in [0.2, 0.25) is 5.88 Å². The molecule has 2 aromatic heterocycles. The lowest BCUT2D eigenvalue weighted by molar-refractivity contribution is 0.454. The van der Waals surface area contributed by atoms with Crippen LogP contribution in [0.3, 0.4) is 0 Å². The third kappa shape index (κ3) is 2.35. The summed E-state index contributed by atoms with van der Waals surface area (Å²) in [4.78, 5) is 8.47. The molecule has 0 aromatic carbocycles. The second-order valence-corrected chi connectivity index (χ2v) is 3.76. The quantitative estimate of drug-likeness (QED) is 0.868. The van der Waals surface area contributed by atoms with Crippen LogP contribution in [0, 0.1) is 6.92 Å². The van der Waals surface area contributed by atoms with Gasteiger partial charge in [0.05, 0.1) is 18.0 Å². The maximum atomic E-state index is 5.80. The molecule has 2 N–H and O–H groups in total. The van der Waals surface area contributed by atoms with Crippen LogP contribution in [0.2, 0.25) is 0 Å². The van der Waals surface area contributed by atoms with Gasteiger partial charge < -0.3 is 10.5 Å². The Morgan fingerprint density at radius 2 is 2.18 bits per heavy atom. The number of rotatable bonds is 3. The van der Waals surface area contributed by atoms with Gasteiger partial charge in [0, 0.05) is 13.5 Å². The van der Waals surface area contributed by atoms with Gasteiger partial charge >= 0.3 is 0 Å². The fourth-order valence-electron chi connectivity index (χ4n) is 1.38. The molecule has 0 spiro atoms. The molecule has 0 atom stereocenters. The maximum absolute atomic E-state index is 5.80. The molecular formula is C11H15N5O. The minimum absolute atomic E-state index is 0.454. The molecule has 6 nitrogen and oxygen atoms in total. The van der Waals surface area contributed by atoms with Gasteiger partial charge in [-0.05, 0) is 6.92 Å². The Bertz CT molecular complexity index is 535. The smallest absolute Gasteiger partial charge is 0.227 e. The summed E-state index contributed by atoms with van der Waals surface area (Å²) in [6, 6.07) is 0. The number of hydrogen-bond donors (Lipinski definition) is 1. The lowest BCUT2D eigenvalue weighted by Crippen LogP contribution is -2.04. The molecule has 0 saturated heterocycles. The fourth-order valence-corrected chi connectivity index (χ4v) is 1.38. The lowest BCUT2D eigenvalue weighted by Gasteiger charge is -2.08. The molecule has 0 amide bonds. The predicted octanol–water partition coefficient (Wildman–Crippen LogP) is 1.46. The van der Waals surface area contributed by atoms with Crippen LogP contribution >= 0.6 is 0 Å². The molecule has 0 saturated carbocycles. The van der Waals surface area contributed by atoms with Gasteiger partial charge in [-0.25, -0.2) is 4.98 Å². The first-order valence-corrected chi connectivity index (χ1v) is 5.39. The number of hydrogen-bond acceptors (Lipinski definition) is 5. The van der Waals surface area contributed by atoms with Gasteiger partial charge in [0.1, 0.15) is 11.6 Å². The van der Waals surface area contributed by atoms with Gasteiger partial charge in [-0.15, -0.1) is 0 Å². The van der Waals surface area contributed by atoms with E-state index >= 15 is 0 Å². The Morgan fingerprint density at radius 3 is 2.76 bits per heavy atom. The predicted molar refractivity (Wildman–Crippen MR) is 63.8 cm³/mol. The minimum Gasteiger partial charge on any atom is -0.435 e. The average Bonchev–Trinajstić information content (AvgIpc) is 2.70. The van der Waals surface area contributed by atoms with E-state index in [1.165, 1.54) is 0 Å². The lowest BCUT2D eigenvalue weighted by atomic mass is 10.3. The zero-order chi connectivity index (χ0) is 12.4. The molecule has 2 aromatic rings. The molecule has 17 heavy (non-hydrogen) atoms. The van der Waals surface area contributed by atoms with Crippen molar-refractivity contribution in [2.75, 3.05) is 5.73 Å². The Hall–Kier alpha value is -2.11. The summed E-state index contributed by atoms with van der Waals surface area (Å²) < 4.78 is 7.30. The van der Waals surface area contributed by atoms with Gasteiger partial charge in [0.25, 0.3) is 0 Å². The molecule has 0 aliphatic rings. The minimum atomic E-state index is 0.454. The van der Waals surface area contributed by atoms with Crippen molar-refractivity contribution >= 4 is 5.82 Å². The van der Waals surface area contributed by atoms with E-state index in [1.807, 2.05) is 20.9 Å². The van der Waals surface area contributed by atoms with Crippen LogP contribution in [0.5, 0.6) is 11.6 Å². The number of anilines is 1. The normalized spacial score (nSPS) is 10.5. The summed E-state index contributed by atoms with van der Waals surface area (Å²) in [7, 11) is 1.82. The summed E-state index contributed by atoms with van der Waals surface area (Å²) in [5, 5.41) is 4.02. The first-order valence-electron chi connectivity index (χ1n) is 5.39. The number of nitrogen functional groups attached to an aromatic ring is 1. The first-order chi connectivity index (χ1) is 8.10. The Balaban J connectivity index is 2.34. The third-order valence-corrected chi connectivity index (χ3v) is 2.40. The molecule has 0 radical (unpaired) electrons. The van der Waals surface area contributed by atoms with E-state index in [9.17, 15) is 0 Å². The van der Waals surface area contributed by atoms with E-state index < -0.39 is 0 Å². The van der Waals surface area contributed by atoms with Crippen LogP contribution in [-0.2, 0) is 13.5 Å². The van der Waals surface area contributed by atoms with E-state index in [0.717, 1.165) is 5.56 Å². The van der Waals surface area contributed by atoms with E-state index in [1.54, 1.807) is 17.1 Å². The highest BCUT2D eigenvalue weighted by Crippen LogP contribution is 2.25. The van der Waals surface area contributed by atoms with E-state index in [0.29, 0.717) is 29.7 Å². The Kier molecular flexibility index (Phi) is 2.95. The number of nitrogens with zero attached hydrogens (tertiary/aromatic N) is 4. The number of nitrogens with two attached hydrogens (primary N) is 1. The first kappa shape index (κ1) is 11.4. The molecule has 0 aliphatic carbocycles. The number of ether oxygens (including phenoxy) is 1. The van der Waals surface area contributed by atoms with Crippen molar-refractivity contribution in [1.82, 2.24) is 19.7 Å². The Labute approximate surface area is 99.4 Å². The highest BCUT2D eigenvalue weighted by Gasteiger charge is 2.10. The van der Waals surface area contributed by atoms with Gasteiger partial charge in [-0.2, -0.15) is 10.1 Å². The van der Waals surface area contributed by atoms with Crippen LogP contribution in [0.15, 0.2) is 12.4 Å². The van der Waals surface area contributed by atoms with E-state index in [2.05, 4.69) is 15.1 Å². The van der Waals surface area contributed by atoms with Crippen molar-refractivity contribution in [2.45, 2.75) is 20.3 Å². The summed E-state index contributed by atoms with van der Waals surface area (Å²) in [5.41, 5.74) is 6.55. The SMILES string of the molecule is CCc1nc(N)c(C)c(Oc2cnn(C)c2)n1. The number of aryl methyl sites for hydroxylation is 2. The summed E-state index contributed by atoms with van der Waals surface area (Å²) in [6.07, 6.45) is 4.11. The zero-order valence-corrected chi connectivity index (χ0v) is 10.1. The Morgan fingerprint density at radius 1 is 1.41 bits per heavy atom. The molecule has 2 rings (SSSR count). The summed E-state index contributed by atoms with van der Waals surface area (Å²) in [6.45, 7) is 3.80. The molecule has 90 valence electrons. The number of aromatic nitrogens is 4. The fraction of sp³-hybridized carbons (Fsp3) is 0.364. The summed E-state index contributed by atoms with van der Waals surface area (Å²) >= 11 is 0. The molecule has 0 aliphatic heterocycles. The van der Waals surface area contributed by atoms with Crippen LogP contribution in [0.4, 0.5) is 5.82 Å².